The van der Waals surface area contributed by atoms with E-state index in [0.29, 0.717) is 0 Å². The second-order valence-corrected chi connectivity index (χ2v) is 2.65. The Kier molecular flexibility index (Phi) is 1.39. The highest BCUT2D eigenvalue weighted by Gasteiger charge is 2.17. The number of hydrogen-bond donors (Lipinski definition) is 1. The fraction of sp³-hybridized carbons (Fsp3) is 0.714. The molecule has 46 valence electrons. The van der Waals surface area contributed by atoms with Crippen LogP contribution in [0.3, 0.4) is 0 Å². The van der Waals surface area contributed by atoms with Crippen LogP contribution in [0.5, 0.6) is 0 Å². The Hall–Kier alpha value is -0.300. The minimum absolute atomic E-state index is 0.502. The summed E-state index contributed by atoms with van der Waals surface area (Å²) in [4.78, 5) is 0. The predicted octanol–water partition coefficient (Wildman–Crippen LogP) is 1.48. The monoisotopic (exact) mass is 112 g/mol. The zero-order valence-electron chi connectivity index (χ0n) is 5.22. The van der Waals surface area contributed by atoms with Crippen LogP contribution in [-0.4, -0.2) is 10.7 Å². The standard InChI is InChI=1S/C7H12O/c1-7(8)5-3-2-4-6-7/h3,5,8H,2,4,6H2,1H3/t7-/m0/s1. The van der Waals surface area contributed by atoms with Gasteiger partial charge in [0.15, 0.2) is 0 Å². The van der Waals surface area contributed by atoms with Crippen molar-refractivity contribution in [1.82, 2.24) is 0 Å². The van der Waals surface area contributed by atoms with Gasteiger partial charge in [0, 0.05) is 0 Å². The average molecular weight is 112 g/mol. The van der Waals surface area contributed by atoms with E-state index < -0.39 is 5.60 Å². The van der Waals surface area contributed by atoms with Crippen molar-refractivity contribution in [3.05, 3.63) is 12.2 Å². The van der Waals surface area contributed by atoms with Crippen molar-refractivity contribution in [3.8, 4) is 0 Å². The van der Waals surface area contributed by atoms with E-state index in [1.165, 1.54) is 0 Å². The minimum atomic E-state index is -0.502. The minimum Gasteiger partial charge on any atom is -0.386 e. The lowest BCUT2D eigenvalue weighted by atomic mass is 9.93. The third kappa shape index (κ3) is 1.34. The molecule has 0 saturated carbocycles. The van der Waals surface area contributed by atoms with E-state index in [0.717, 1.165) is 19.3 Å². The molecule has 8 heavy (non-hydrogen) atoms. The van der Waals surface area contributed by atoms with E-state index >= 15 is 0 Å². The van der Waals surface area contributed by atoms with Crippen LogP contribution in [0.2, 0.25) is 0 Å². The molecule has 0 aromatic carbocycles. The van der Waals surface area contributed by atoms with Crippen LogP contribution >= 0.6 is 0 Å². The molecule has 1 N–H and O–H groups in total. The van der Waals surface area contributed by atoms with Gasteiger partial charge in [0.2, 0.25) is 0 Å². The summed E-state index contributed by atoms with van der Waals surface area (Å²) in [6, 6.07) is 0. The normalized spacial score (nSPS) is 37.8. The Morgan fingerprint density at radius 2 is 2.38 bits per heavy atom. The zero-order chi connectivity index (χ0) is 6.04. The predicted molar refractivity (Wildman–Crippen MR) is 33.6 cm³/mol. The van der Waals surface area contributed by atoms with Gasteiger partial charge in [-0.3, -0.25) is 0 Å². The molecule has 0 saturated heterocycles. The van der Waals surface area contributed by atoms with E-state index in [1.807, 2.05) is 19.1 Å². The summed E-state index contributed by atoms with van der Waals surface area (Å²) >= 11 is 0. The van der Waals surface area contributed by atoms with E-state index in [9.17, 15) is 5.11 Å². The fourth-order valence-corrected chi connectivity index (χ4v) is 0.998. The Bertz CT molecular complexity index is 103. The summed E-state index contributed by atoms with van der Waals surface area (Å²) in [6.07, 6.45) is 7.11. The van der Waals surface area contributed by atoms with Crippen molar-refractivity contribution in [1.29, 1.82) is 0 Å². The van der Waals surface area contributed by atoms with Crippen molar-refractivity contribution < 1.29 is 5.11 Å². The molecule has 1 heteroatoms. The third-order valence-electron chi connectivity index (χ3n) is 1.53. The second-order valence-electron chi connectivity index (χ2n) is 2.65. The van der Waals surface area contributed by atoms with Crippen LogP contribution in [0.1, 0.15) is 26.2 Å². The summed E-state index contributed by atoms with van der Waals surface area (Å²) in [5.74, 6) is 0. The molecular formula is C7H12O. The average Bonchev–Trinajstić information content (AvgIpc) is 1.65. The van der Waals surface area contributed by atoms with Crippen molar-refractivity contribution in [3.63, 3.8) is 0 Å². The van der Waals surface area contributed by atoms with Gasteiger partial charge in [-0.2, -0.15) is 0 Å². The van der Waals surface area contributed by atoms with Crippen molar-refractivity contribution >= 4 is 0 Å². The maximum absolute atomic E-state index is 9.29. The molecule has 0 heterocycles. The summed E-state index contributed by atoms with van der Waals surface area (Å²) in [5, 5.41) is 9.29. The van der Waals surface area contributed by atoms with Gasteiger partial charge in [0.05, 0.1) is 5.60 Å². The van der Waals surface area contributed by atoms with Crippen LogP contribution in [0.25, 0.3) is 0 Å². The van der Waals surface area contributed by atoms with Gasteiger partial charge in [-0.25, -0.2) is 0 Å². The van der Waals surface area contributed by atoms with E-state index in [1.54, 1.807) is 0 Å². The van der Waals surface area contributed by atoms with Gasteiger partial charge in [0.1, 0.15) is 0 Å². The highest BCUT2D eigenvalue weighted by atomic mass is 16.3. The third-order valence-corrected chi connectivity index (χ3v) is 1.53. The molecule has 1 rings (SSSR count). The van der Waals surface area contributed by atoms with E-state index in [-0.39, 0.29) is 0 Å². The van der Waals surface area contributed by atoms with E-state index in [2.05, 4.69) is 0 Å². The first-order valence-electron chi connectivity index (χ1n) is 3.11. The molecule has 0 spiro atoms. The molecule has 0 unspecified atom stereocenters. The Balaban J connectivity index is 2.56. The zero-order valence-corrected chi connectivity index (χ0v) is 5.22. The lowest BCUT2D eigenvalue weighted by molar-refractivity contribution is 0.0948. The number of allylic oxidation sites excluding steroid dienone is 1. The molecule has 0 aromatic rings. The Morgan fingerprint density at radius 3 is 2.62 bits per heavy atom. The molecule has 1 nitrogen and oxygen atoms in total. The maximum Gasteiger partial charge on any atom is 0.0799 e. The topological polar surface area (TPSA) is 20.2 Å². The quantitative estimate of drug-likeness (QED) is 0.470. The van der Waals surface area contributed by atoms with Crippen molar-refractivity contribution in [2.75, 3.05) is 0 Å². The van der Waals surface area contributed by atoms with Crippen LogP contribution in [0.4, 0.5) is 0 Å². The van der Waals surface area contributed by atoms with Gasteiger partial charge >= 0.3 is 0 Å². The SMILES string of the molecule is C[C@]1(O)C=CCCC1. The van der Waals surface area contributed by atoms with E-state index in [4.69, 9.17) is 0 Å². The molecule has 0 bridgehead atoms. The molecule has 0 amide bonds. The van der Waals surface area contributed by atoms with Gasteiger partial charge in [-0.15, -0.1) is 0 Å². The molecule has 0 fully saturated rings. The largest absolute Gasteiger partial charge is 0.386 e. The maximum atomic E-state index is 9.29. The summed E-state index contributed by atoms with van der Waals surface area (Å²) in [5.41, 5.74) is -0.502. The number of aliphatic hydroxyl groups is 1. The molecule has 1 aliphatic carbocycles. The highest BCUT2D eigenvalue weighted by molar-refractivity contribution is 5.01. The second kappa shape index (κ2) is 1.90. The van der Waals surface area contributed by atoms with Crippen LogP contribution < -0.4 is 0 Å². The van der Waals surface area contributed by atoms with Gasteiger partial charge < -0.3 is 5.11 Å². The first kappa shape index (κ1) is 5.83. The highest BCUT2D eigenvalue weighted by Crippen LogP contribution is 2.20. The molecule has 1 aliphatic rings. The smallest absolute Gasteiger partial charge is 0.0799 e. The first-order valence-corrected chi connectivity index (χ1v) is 3.11. The Morgan fingerprint density at radius 1 is 1.62 bits per heavy atom. The lowest BCUT2D eigenvalue weighted by Crippen LogP contribution is -2.22. The summed E-state index contributed by atoms with van der Waals surface area (Å²) in [7, 11) is 0. The molecule has 0 aromatic heterocycles. The molecule has 0 aliphatic heterocycles. The molecule has 1 atom stereocenters. The fourth-order valence-electron chi connectivity index (χ4n) is 0.998. The Labute approximate surface area is 50.0 Å². The van der Waals surface area contributed by atoms with Crippen molar-refractivity contribution in [2.45, 2.75) is 31.8 Å². The summed E-state index contributed by atoms with van der Waals surface area (Å²) < 4.78 is 0. The van der Waals surface area contributed by atoms with Gasteiger partial charge in [-0.05, 0) is 26.2 Å². The van der Waals surface area contributed by atoms with Gasteiger partial charge in [-0.1, -0.05) is 12.2 Å². The van der Waals surface area contributed by atoms with Crippen LogP contribution in [0.15, 0.2) is 12.2 Å². The number of hydrogen-bond acceptors (Lipinski definition) is 1. The first-order chi connectivity index (χ1) is 3.71. The molecule has 0 radical (unpaired) electrons. The molecular weight excluding hydrogens is 100 g/mol. The number of rotatable bonds is 0. The summed E-state index contributed by atoms with van der Waals surface area (Å²) in [6.45, 7) is 1.85. The van der Waals surface area contributed by atoms with Crippen molar-refractivity contribution in [2.24, 2.45) is 0 Å². The lowest BCUT2D eigenvalue weighted by Gasteiger charge is -2.21. The van der Waals surface area contributed by atoms with Crippen LogP contribution in [-0.2, 0) is 0 Å². The van der Waals surface area contributed by atoms with Crippen LogP contribution in [0, 0.1) is 0 Å². The van der Waals surface area contributed by atoms with Gasteiger partial charge in [0.25, 0.3) is 0 Å².